The Morgan fingerprint density at radius 2 is 2.44 bits per heavy atom. The highest BCUT2D eigenvalue weighted by Gasteiger charge is 2.30. The summed E-state index contributed by atoms with van der Waals surface area (Å²) in [6.07, 6.45) is 7.14. The third-order valence-electron chi connectivity index (χ3n) is 3.52. The molecular weight excluding hydrogens is 200 g/mol. The second-order valence-corrected chi connectivity index (χ2v) is 4.60. The van der Waals surface area contributed by atoms with Crippen molar-refractivity contribution in [3.05, 3.63) is 18.2 Å². The summed E-state index contributed by atoms with van der Waals surface area (Å²) in [5.41, 5.74) is 0. The van der Waals surface area contributed by atoms with Gasteiger partial charge in [-0.05, 0) is 19.9 Å². The van der Waals surface area contributed by atoms with E-state index in [1.807, 2.05) is 24.0 Å². The lowest BCUT2D eigenvalue weighted by molar-refractivity contribution is 0.206. The summed E-state index contributed by atoms with van der Waals surface area (Å²) < 4.78 is 2.03. The molecule has 16 heavy (non-hydrogen) atoms. The van der Waals surface area contributed by atoms with Crippen molar-refractivity contribution in [3.8, 4) is 6.07 Å². The first-order valence-corrected chi connectivity index (χ1v) is 5.78. The van der Waals surface area contributed by atoms with Gasteiger partial charge in [-0.3, -0.25) is 4.90 Å². The first kappa shape index (κ1) is 11.2. The van der Waals surface area contributed by atoms with Crippen LogP contribution in [0.4, 0.5) is 0 Å². The van der Waals surface area contributed by atoms with Gasteiger partial charge in [0.2, 0.25) is 0 Å². The molecule has 1 saturated carbocycles. The maximum atomic E-state index is 9.07. The molecule has 1 aromatic heterocycles. The molecule has 0 saturated heterocycles. The molecule has 0 spiro atoms. The average molecular weight is 218 g/mol. The van der Waals surface area contributed by atoms with Crippen LogP contribution in [0, 0.1) is 17.2 Å². The van der Waals surface area contributed by atoms with Crippen LogP contribution in [0.25, 0.3) is 0 Å². The third-order valence-corrected chi connectivity index (χ3v) is 3.52. The SMILES string of the molecule is CN(Cc1nccn1C)C1CCCC1C#N. The summed E-state index contributed by atoms with van der Waals surface area (Å²) in [7, 11) is 4.10. The molecular formula is C12H18N4. The summed E-state index contributed by atoms with van der Waals surface area (Å²) in [5, 5.41) is 9.07. The molecule has 0 N–H and O–H groups in total. The van der Waals surface area contributed by atoms with Crippen LogP contribution in [0.2, 0.25) is 0 Å². The maximum Gasteiger partial charge on any atom is 0.122 e. The lowest BCUT2D eigenvalue weighted by Gasteiger charge is -2.26. The minimum Gasteiger partial charge on any atom is -0.337 e. The summed E-state index contributed by atoms with van der Waals surface area (Å²) in [5.74, 6) is 1.26. The molecule has 0 amide bonds. The smallest absolute Gasteiger partial charge is 0.122 e. The molecule has 2 rings (SSSR count). The van der Waals surface area contributed by atoms with Crippen molar-refractivity contribution in [2.24, 2.45) is 13.0 Å². The van der Waals surface area contributed by atoms with Crippen LogP contribution in [0.1, 0.15) is 25.1 Å². The lowest BCUT2D eigenvalue weighted by atomic mass is 10.0. The highest BCUT2D eigenvalue weighted by molar-refractivity contribution is 4.99. The molecule has 2 atom stereocenters. The fourth-order valence-corrected chi connectivity index (χ4v) is 2.51. The van der Waals surface area contributed by atoms with E-state index in [0.717, 1.165) is 25.2 Å². The van der Waals surface area contributed by atoms with Crippen molar-refractivity contribution in [3.63, 3.8) is 0 Å². The predicted octanol–water partition coefficient (Wildman–Crippen LogP) is 1.54. The number of nitriles is 1. The van der Waals surface area contributed by atoms with E-state index in [-0.39, 0.29) is 5.92 Å². The molecule has 1 heterocycles. The zero-order valence-electron chi connectivity index (χ0n) is 9.93. The van der Waals surface area contributed by atoms with Gasteiger partial charge in [0.25, 0.3) is 0 Å². The number of imidazole rings is 1. The first-order valence-electron chi connectivity index (χ1n) is 5.78. The molecule has 0 bridgehead atoms. The standard InChI is InChI=1S/C12H18N4/c1-15-7-6-14-12(15)9-16(2)11-5-3-4-10(11)8-13/h6-7,10-11H,3-5,9H2,1-2H3. The molecule has 1 fully saturated rings. The van der Waals surface area contributed by atoms with Crippen LogP contribution in [0.15, 0.2) is 12.4 Å². The van der Waals surface area contributed by atoms with E-state index in [9.17, 15) is 0 Å². The molecule has 4 nitrogen and oxygen atoms in total. The minimum atomic E-state index is 0.199. The van der Waals surface area contributed by atoms with E-state index >= 15 is 0 Å². The molecule has 0 radical (unpaired) electrons. The molecule has 2 unspecified atom stereocenters. The second kappa shape index (κ2) is 4.67. The summed E-state index contributed by atoms with van der Waals surface area (Å²) in [4.78, 5) is 6.58. The van der Waals surface area contributed by atoms with Gasteiger partial charge in [0.15, 0.2) is 0 Å². The summed E-state index contributed by atoms with van der Waals surface area (Å²) in [6, 6.07) is 2.82. The van der Waals surface area contributed by atoms with E-state index in [0.29, 0.717) is 6.04 Å². The van der Waals surface area contributed by atoms with Crippen molar-refractivity contribution in [2.45, 2.75) is 31.8 Å². The van der Waals surface area contributed by atoms with Gasteiger partial charge in [0.1, 0.15) is 5.82 Å². The monoisotopic (exact) mass is 218 g/mol. The third kappa shape index (κ3) is 2.10. The van der Waals surface area contributed by atoms with Crippen LogP contribution in [-0.2, 0) is 13.6 Å². The molecule has 0 aromatic carbocycles. The lowest BCUT2D eigenvalue weighted by Crippen LogP contribution is -2.34. The summed E-state index contributed by atoms with van der Waals surface area (Å²) >= 11 is 0. The normalized spacial score (nSPS) is 24.9. The Labute approximate surface area is 96.5 Å². The number of rotatable bonds is 3. The molecule has 1 aliphatic carbocycles. The van der Waals surface area contributed by atoms with E-state index in [2.05, 4.69) is 23.0 Å². The number of hydrogen-bond acceptors (Lipinski definition) is 3. The first-order chi connectivity index (χ1) is 7.72. The zero-order chi connectivity index (χ0) is 11.5. The molecule has 0 aliphatic heterocycles. The Hall–Kier alpha value is -1.34. The van der Waals surface area contributed by atoms with Crippen LogP contribution in [-0.4, -0.2) is 27.5 Å². The molecule has 4 heteroatoms. The van der Waals surface area contributed by atoms with Crippen molar-refractivity contribution in [1.82, 2.24) is 14.5 Å². The van der Waals surface area contributed by atoms with Crippen LogP contribution < -0.4 is 0 Å². The Morgan fingerprint density at radius 1 is 1.62 bits per heavy atom. The molecule has 1 aliphatic rings. The van der Waals surface area contributed by atoms with Gasteiger partial charge in [-0.25, -0.2) is 4.98 Å². The fourth-order valence-electron chi connectivity index (χ4n) is 2.51. The molecule has 1 aromatic rings. The fraction of sp³-hybridized carbons (Fsp3) is 0.667. The second-order valence-electron chi connectivity index (χ2n) is 4.60. The van der Waals surface area contributed by atoms with Gasteiger partial charge < -0.3 is 4.57 Å². The van der Waals surface area contributed by atoms with Crippen molar-refractivity contribution in [1.29, 1.82) is 5.26 Å². The topological polar surface area (TPSA) is 44.9 Å². The number of nitrogens with zero attached hydrogens (tertiary/aromatic N) is 4. The van der Waals surface area contributed by atoms with Crippen molar-refractivity contribution < 1.29 is 0 Å². The van der Waals surface area contributed by atoms with Gasteiger partial charge in [-0.15, -0.1) is 0 Å². The van der Waals surface area contributed by atoms with E-state index in [4.69, 9.17) is 5.26 Å². The van der Waals surface area contributed by atoms with Crippen molar-refractivity contribution >= 4 is 0 Å². The van der Waals surface area contributed by atoms with Gasteiger partial charge in [-0.1, -0.05) is 6.42 Å². The van der Waals surface area contributed by atoms with Gasteiger partial charge in [0.05, 0.1) is 18.5 Å². The Kier molecular flexibility index (Phi) is 3.25. The van der Waals surface area contributed by atoms with E-state index < -0.39 is 0 Å². The van der Waals surface area contributed by atoms with Crippen LogP contribution in [0.3, 0.4) is 0 Å². The number of aryl methyl sites for hydroxylation is 1. The van der Waals surface area contributed by atoms with Crippen LogP contribution in [0.5, 0.6) is 0 Å². The van der Waals surface area contributed by atoms with Crippen molar-refractivity contribution in [2.75, 3.05) is 7.05 Å². The molecule has 86 valence electrons. The zero-order valence-corrected chi connectivity index (χ0v) is 9.93. The summed E-state index contributed by atoms with van der Waals surface area (Å²) in [6.45, 7) is 0.826. The predicted molar refractivity (Wildman–Crippen MR) is 61.4 cm³/mol. The van der Waals surface area contributed by atoms with Gasteiger partial charge >= 0.3 is 0 Å². The van der Waals surface area contributed by atoms with E-state index in [1.165, 1.54) is 6.42 Å². The number of aromatic nitrogens is 2. The van der Waals surface area contributed by atoms with E-state index in [1.54, 1.807) is 0 Å². The minimum absolute atomic E-state index is 0.199. The quantitative estimate of drug-likeness (QED) is 0.773. The van der Waals surface area contributed by atoms with Gasteiger partial charge in [0, 0.05) is 25.5 Å². The average Bonchev–Trinajstić information content (AvgIpc) is 2.87. The largest absolute Gasteiger partial charge is 0.337 e. The highest BCUT2D eigenvalue weighted by Crippen LogP contribution is 2.29. The number of hydrogen-bond donors (Lipinski definition) is 0. The Morgan fingerprint density at radius 3 is 3.06 bits per heavy atom. The Balaban J connectivity index is 2.01. The highest BCUT2D eigenvalue weighted by atomic mass is 15.2. The Bertz CT molecular complexity index is 390. The van der Waals surface area contributed by atoms with Crippen LogP contribution >= 0.6 is 0 Å². The van der Waals surface area contributed by atoms with Gasteiger partial charge in [-0.2, -0.15) is 5.26 Å². The maximum absolute atomic E-state index is 9.07.